The fourth-order valence-corrected chi connectivity index (χ4v) is 2.99. The molecule has 4 rings (SSSR count). The molecule has 0 aliphatic heterocycles. The molecule has 5 nitrogen and oxygen atoms in total. The van der Waals surface area contributed by atoms with Crippen LogP contribution in [-0.4, -0.2) is 21.9 Å². The quantitative estimate of drug-likeness (QED) is 0.630. The zero-order valence-corrected chi connectivity index (χ0v) is 13.5. The van der Waals surface area contributed by atoms with Crippen molar-refractivity contribution in [3.05, 3.63) is 70.1 Å². The van der Waals surface area contributed by atoms with E-state index in [9.17, 15) is 4.79 Å². The van der Waals surface area contributed by atoms with Crippen LogP contribution in [0, 0.1) is 6.92 Å². The summed E-state index contributed by atoms with van der Waals surface area (Å²) < 4.78 is 7.00. The Balaban J connectivity index is 1.83. The first-order valence-corrected chi connectivity index (χ1v) is 7.77. The first-order valence-electron chi connectivity index (χ1n) is 7.77. The van der Waals surface area contributed by atoms with Crippen LogP contribution in [0.5, 0.6) is 5.75 Å². The first kappa shape index (κ1) is 14.5. The zero-order valence-electron chi connectivity index (χ0n) is 13.5. The minimum atomic E-state index is -0.0855. The van der Waals surface area contributed by atoms with E-state index in [0.717, 1.165) is 33.3 Å². The minimum Gasteiger partial charge on any atom is -0.497 e. The lowest BCUT2D eigenvalue weighted by Crippen LogP contribution is -2.10. The van der Waals surface area contributed by atoms with Crippen LogP contribution in [0.4, 0.5) is 0 Å². The first-order chi connectivity index (χ1) is 11.7. The molecular weight excluding hydrogens is 302 g/mol. The van der Waals surface area contributed by atoms with Gasteiger partial charge in [0.15, 0.2) is 0 Å². The van der Waals surface area contributed by atoms with Gasteiger partial charge in [0, 0.05) is 10.8 Å². The number of rotatable bonds is 3. The van der Waals surface area contributed by atoms with Crippen LogP contribution in [0.1, 0.15) is 11.1 Å². The van der Waals surface area contributed by atoms with Gasteiger partial charge >= 0.3 is 0 Å². The molecule has 24 heavy (non-hydrogen) atoms. The molecule has 0 atom stereocenters. The van der Waals surface area contributed by atoms with Crippen molar-refractivity contribution in [1.82, 2.24) is 14.8 Å². The molecule has 0 amide bonds. The lowest BCUT2D eigenvalue weighted by Gasteiger charge is -2.06. The van der Waals surface area contributed by atoms with Crippen molar-refractivity contribution >= 4 is 21.8 Å². The van der Waals surface area contributed by atoms with Crippen LogP contribution >= 0.6 is 0 Å². The smallest absolute Gasteiger partial charge is 0.257 e. The highest BCUT2D eigenvalue weighted by Gasteiger charge is 2.10. The van der Waals surface area contributed by atoms with E-state index >= 15 is 0 Å². The molecule has 0 aliphatic carbocycles. The Morgan fingerprint density at radius 1 is 1.08 bits per heavy atom. The lowest BCUT2D eigenvalue weighted by atomic mass is 10.1. The van der Waals surface area contributed by atoms with Gasteiger partial charge in [0.05, 0.1) is 19.9 Å². The molecule has 2 aromatic heterocycles. The molecule has 0 saturated heterocycles. The van der Waals surface area contributed by atoms with Gasteiger partial charge in [-0.2, -0.15) is 5.10 Å². The third-order valence-electron chi connectivity index (χ3n) is 4.27. The second kappa shape index (κ2) is 5.53. The number of pyridine rings is 1. The molecule has 0 spiro atoms. The Bertz CT molecular complexity index is 1090. The molecule has 0 saturated carbocycles. The van der Waals surface area contributed by atoms with Gasteiger partial charge in [-0.1, -0.05) is 29.8 Å². The van der Waals surface area contributed by atoms with Gasteiger partial charge in [0.1, 0.15) is 11.4 Å². The van der Waals surface area contributed by atoms with Crippen molar-refractivity contribution in [2.75, 3.05) is 7.11 Å². The summed E-state index contributed by atoms with van der Waals surface area (Å²) in [6, 6.07) is 13.7. The van der Waals surface area contributed by atoms with E-state index in [1.807, 2.05) is 60.3 Å². The van der Waals surface area contributed by atoms with E-state index in [-0.39, 0.29) is 5.56 Å². The third-order valence-corrected chi connectivity index (χ3v) is 4.27. The zero-order chi connectivity index (χ0) is 16.7. The van der Waals surface area contributed by atoms with E-state index < -0.39 is 0 Å². The molecule has 0 bridgehead atoms. The molecule has 0 unspecified atom stereocenters. The largest absolute Gasteiger partial charge is 0.497 e. The van der Waals surface area contributed by atoms with Gasteiger partial charge in [0.25, 0.3) is 5.56 Å². The Morgan fingerprint density at radius 2 is 1.88 bits per heavy atom. The number of hydrogen-bond donors (Lipinski definition) is 1. The summed E-state index contributed by atoms with van der Waals surface area (Å²) in [5.74, 6) is 0.818. The van der Waals surface area contributed by atoms with Gasteiger partial charge in [0.2, 0.25) is 0 Å². The standard InChI is InChI=1S/C19H17N3O2/c1-12-3-8-15-16(9-12)19(23)21-18-17(15)10-20-22(18)11-13-4-6-14(24-2)7-5-13/h3-10H,11H2,1-2H3,(H,21,23). The second-order valence-corrected chi connectivity index (χ2v) is 5.92. The van der Waals surface area contributed by atoms with Crippen LogP contribution in [-0.2, 0) is 6.54 Å². The molecule has 1 N–H and O–H groups in total. The van der Waals surface area contributed by atoms with Gasteiger partial charge in [-0.05, 0) is 36.1 Å². The van der Waals surface area contributed by atoms with E-state index in [1.165, 1.54) is 0 Å². The predicted octanol–water partition coefficient (Wildman–Crippen LogP) is 3.24. The number of aryl methyl sites for hydroxylation is 1. The van der Waals surface area contributed by atoms with Crippen molar-refractivity contribution in [2.45, 2.75) is 13.5 Å². The molecule has 2 aromatic carbocycles. The maximum absolute atomic E-state index is 12.4. The number of H-pyrrole nitrogens is 1. The molecule has 120 valence electrons. The molecule has 0 radical (unpaired) electrons. The average Bonchev–Trinajstić information content (AvgIpc) is 2.98. The lowest BCUT2D eigenvalue weighted by molar-refractivity contribution is 0.414. The molecular formula is C19H17N3O2. The fourth-order valence-electron chi connectivity index (χ4n) is 2.99. The highest BCUT2D eigenvalue weighted by Crippen LogP contribution is 2.22. The summed E-state index contributed by atoms with van der Waals surface area (Å²) in [5, 5.41) is 7.05. The summed E-state index contributed by atoms with van der Waals surface area (Å²) in [4.78, 5) is 15.4. The summed E-state index contributed by atoms with van der Waals surface area (Å²) in [5.41, 5.74) is 2.81. The molecule has 0 fully saturated rings. The van der Waals surface area contributed by atoms with E-state index in [0.29, 0.717) is 11.9 Å². The van der Waals surface area contributed by atoms with Crippen LogP contribution in [0.15, 0.2) is 53.5 Å². The Hall–Kier alpha value is -3.08. The van der Waals surface area contributed by atoms with Crippen LogP contribution in [0.2, 0.25) is 0 Å². The highest BCUT2D eigenvalue weighted by atomic mass is 16.5. The minimum absolute atomic E-state index is 0.0855. The number of hydrogen-bond acceptors (Lipinski definition) is 3. The van der Waals surface area contributed by atoms with Crippen molar-refractivity contribution in [3.63, 3.8) is 0 Å². The van der Waals surface area contributed by atoms with Gasteiger partial charge < -0.3 is 9.72 Å². The summed E-state index contributed by atoms with van der Waals surface area (Å²) in [7, 11) is 1.65. The van der Waals surface area contributed by atoms with Crippen LogP contribution in [0.25, 0.3) is 21.8 Å². The highest BCUT2D eigenvalue weighted by molar-refractivity contribution is 6.04. The maximum Gasteiger partial charge on any atom is 0.257 e. The van der Waals surface area contributed by atoms with E-state index in [2.05, 4.69) is 10.1 Å². The van der Waals surface area contributed by atoms with Crippen molar-refractivity contribution in [1.29, 1.82) is 0 Å². The monoisotopic (exact) mass is 319 g/mol. The van der Waals surface area contributed by atoms with Crippen LogP contribution in [0.3, 0.4) is 0 Å². The third kappa shape index (κ3) is 2.34. The topological polar surface area (TPSA) is 59.9 Å². The van der Waals surface area contributed by atoms with Crippen molar-refractivity contribution in [2.24, 2.45) is 0 Å². The number of fused-ring (bicyclic) bond motifs is 3. The number of ether oxygens (including phenoxy) is 1. The number of aromatic nitrogens is 3. The summed E-state index contributed by atoms with van der Waals surface area (Å²) >= 11 is 0. The molecule has 2 heterocycles. The number of nitrogens with zero attached hydrogens (tertiary/aromatic N) is 2. The Labute approximate surface area is 138 Å². The van der Waals surface area contributed by atoms with E-state index in [1.54, 1.807) is 7.11 Å². The average molecular weight is 319 g/mol. The SMILES string of the molecule is COc1ccc(Cn2ncc3c4ccc(C)cc4c(=O)[nH]c32)cc1. The van der Waals surface area contributed by atoms with E-state index in [4.69, 9.17) is 4.74 Å². The molecule has 4 aromatic rings. The maximum atomic E-state index is 12.4. The molecule has 5 heteroatoms. The second-order valence-electron chi connectivity index (χ2n) is 5.92. The number of methoxy groups -OCH3 is 1. The summed E-state index contributed by atoms with van der Waals surface area (Å²) in [6.45, 7) is 2.57. The van der Waals surface area contributed by atoms with Crippen LogP contribution < -0.4 is 10.3 Å². The number of benzene rings is 2. The normalized spacial score (nSPS) is 11.2. The number of aromatic amines is 1. The Morgan fingerprint density at radius 3 is 2.62 bits per heavy atom. The van der Waals surface area contributed by atoms with Gasteiger partial charge in [-0.3, -0.25) is 4.79 Å². The van der Waals surface area contributed by atoms with Crippen molar-refractivity contribution in [3.8, 4) is 5.75 Å². The number of nitrogens with one attached hydrogen (secondary N) is 1. The van der Waals surface area contributed by atoms with Crippen molar-refractivity contribution < 1.29 is 4.74 Å². The van der Waals surface area contributed by atoms with Gasteiger partial charge in [-0.15, -0.1) is 0 Å². The Kier molecular flexibility index (Phi) is 3.34. The molecule has 0 aliphatic rings. The predicted molar refractivity (Wildman–Crippen MR) is 94.7 cm³/mol. The van der Waals surface area contributed by atoms with Gasteiger partial charge in [-0.25, -0.2) is 4.68 Å². The fraction of sp³-hybridized carbons (Fsp3) is 0.158. The summed E-state index contributed by atoms with van der Waals surface area (Å²) in [6.07, 6.45) is 1.81.